The number of amides is 1. The molecule has 25 heavy (non-hydrogen) atoms. The van der Waals surface area contributed by atoms with E-state index in [4.69, 9.17) is 5.11 Å². The minimum Gasteiger partial charge on any atom is -0.478 e. The zero-order valence-corrected chi connectivity index (χ0v) is 14.1. The fourth-order valence-electron chi connectivity index (χ4n) is 2.78. The minimum atomic E-state index is -1.18. The third-order valence-electron chi connectivity index (χ3n) is 4.51. The largest absolute Gasteiger partial charge is 0.478 e. The van der Waals surface area contributed by atoms with Gasteiger partial charge in [0.1, 0.15) is 5.82 Å². The highest BCUT2D eigenvalue weighted by Gasteiger charge is 2.33. The van der Waals surface area contributed by atoms with Crippen molar-refractivity contribution in [3.8, 4) is 0 Å². The van der Waals surface area contributed by atoms with Gasteiger partial charge in [-0.1, -0.05) is 6.92 Å². The normalized spacial score (nSPS) is 15.0. The Hall–Kier alpha value is -2.70. The maximum atomic E-state index is 13.9. The average molecular weight is 345 g/mol. The number of aromatic nitrogens is 2. The Balaban J connectivity index is 1.91. The molecule has 1 aliphatic rings. The summed E-state index contributed by atoms with van der Waals surface area (Å²) < 4.78 is 15.8. The standard InChI is InChI=1S/C18H20FN3O3/c1-3-10(2)22-16(11-4-5-11)13(9-20-22)17(23)21-15-8-12(18(24)25)6-7-14(15)19/h6-11H,3-5H2,1-2H3,(H,21,23)(H,24,25). The van der Waals surface area contributed by atoms with Crippen molar-refractivity contribution >= 4 is 17.6 Å². The Morgan fingerprint density at radius 2 is 2.16 bits per heavy atom. The minimum absolute atomic E-state index is 0.0885. The number of carboxylic acids is 1. The predicted octanol–water partition coefficient (Wildman–Crippen LogP) is 3.82. The molecule has 0 saturated heterocycles. The molecule has 132 valence electrons. The van der Waals surface area contributed by atoms with Crippen LogP contribution < -0.4 is 5.32 Å². The van der Waals surface area contributed by atoms with Gasteiger partial charge >= 0.3 is 5.97 Å². The number of carbonyl (C=O) groups excluding carboxylic acids is 1. The van der Waals surface area contributed by atoms with E-state index < -0.39 is 17.7 Å². The van der Waals surface area contributed by atoms with Gasteiger partial charge in [0.2, 0.25) is 0 Å². The molecule has 1 aromatic heterocycles. The van der Waals surface area contributed by atoms with Crippen LogP contribution in [0.2, 0.25) is 0 Å². The molecule has 1 unspecified atom stereocenters. The van der Waals surface area contributed by atoms with Gasteiger partial charge < -0.3 is 10.4 Å². The van der Waals surface area contributed by atoms with Crippen molar-refractivity contribution < 1.29 is 19.1 Å². The first kappa shape index (κ1) is 17.1. The van der Waals surface area contributed by atoms with Gasteiger partial charge in [0.15, 0.2) is 0 Å². The van der Waals surface area contributed by atoms with Crippen molar-refractivity contribution in [2.75, 3.05) is 5.32 Å². The first-order chi connectivity index (χ1) is 11.9. The number of hydrogen-bond donors (Lipinski definition) is 2. The van der Waals surface area contributed by atoms with Gasteiger partial charge in [-0.05, 0) is 44.4 Å². The highest BCUT2D eigenvalue weighted by molar-refractivity contribution is 6.05. The lowest BCUT2D eigenvalue weighted by Gasteiger charge is -2.14. The third kappa shape index (κ3) is 3.40. The van der Waals surface area contributed by atoms with Gasteiger partial charge in [-0.3, -0.25) is 9.48 Å². The van der Waals surface area contributed by atoms with Gasteiger partial charge in [-0.15, -0.1) is 0 Å². The van der Waals surface area contributed by atoms with Gasteiger partial charge in [-0.25, -0.2) is 9.18 Å². The van der Waals surface area contributed by atoms with E-state index in [9.17, 15) is 14.0 Å². The lowest BCUT2D eigenvalue weighted by atomic mass is 10.1. The molecule has 1 saturated carbocycles. The van der Waals surface area contributed by atoms with Crippen LogP contribution in [0, 0.1) is 5.82 Å². The Morgan fingerprint density at radius 1 is 1.44 bits per heavy atom. The topological polar surface area (TPSA) is 84.2 Å². The van der Waals surface area contributed by atoms with Crippen LogP contribution in [0.25, 0.3) is 0 Å². The molecular formula is C18H20FN3O3. The third-order valence-corrected chi connectivity index (χ3v) is 4.51. The molecule has 0 spiro atoms. The molecule has 1 fully saturated rings. The Morgan fingerprint density at radius 3 is 2.76 bits per heavy atom. The number of rotatable bonds is 6. The maximum Gasteiger partial charge on any atom is 0.335 e. The summed E-state index contributed by atoms with van der Waals surface area (Å²) in [6, 6.07) is 3.47. The summed E-state index contributed by atoms with van der Waals surface area (Å²) in [7, 11) is 0. The van der Waals surface area contributed by atoms with Crippen LogP contribution in [-0.4, -0.2) is 26.8 Å². The van der Waals surface area contributed by atoms with Crippen molar-refractivity contribution in [3.05, 3.63) is 47.0 Å². The van der Waals surface area contributed by atoms with E-state index in [-0.39, 0.29) is 17.3 Å². The first-order valence-corrected chi connectivity index (χ1v) is 8.34. The number of aromatic carboxylic acids is 1. The van der Waals surface area contributed by atoms with Crippen LogP contribution in [-0.2, 0) is 0 Å². The van der Waals surface area contributed by atoms with Crippen molar-refractivity contribution in [2.45, 2.75) is 45.1 Å². The lowest BCUT2D eigenvalue weighted by Crippen LogP contribution is -2.17. The molecule has 1 aromatic carbocycles. The summed E-state index contributed by atoms with van der Waals surface area (Å²) in [5.74, 6) is -2.04. The number of carbonyl (C=O) groups is 2. The zero-order chi connectivity index (χ0) is 18.1. The number of carboxylic acid groups (broad SMARTS) is 1. The number of benzene rings is 1. The van der Waals surface area contributed by atoms with Gasteiger partial charge in [0.05, 0.1) is 28.7 Å². The fraction of sp³-hybridized carbons (Fsp3) is 0.389. The van der Waals surface area contributed by atoms with E-state index in [0.29, 0.717) is 11.5 Å². The summed E-state index contributed by atoms with van der Waals surface area (Å²) in [5, 5.41) is 15.9. The lowest BCUT2D eigenvalue weighted by molar-refractivity contribution is 0.0696. The van der Waals surface area contributed by atoms with Crippen molar-refractivity contribution in [1.29, 1.82) is 0 Å². The van der Waals surface area contributed by atoms with E-state index in [1.165, 1.54) is 6.20 Å². The number of hydrogen-bond acceptors (Lipinski definition) is 3. The molecular weight excluding hydrogens is 325 g/mol. The quantitative estimate of drug-likeness (QED) is 0.833. The van der Waals surface area contributed by atoms with Crippen LogP contribution in [0.5, 0.6) is 0 Å². The SMILES string of the molecule is CCC(C)n1ncc(C(=O)Nc2cc(C(=O)O)ccc2F)c1C1CC1. The van der Waals surface area contributed by atoms with E-state index in [1.807, 2.05) is 11.6 Å². The second kappa shape index (κ2) is 6.66. The Kier molecular flexibility index (Phi) is 4.57. The molecule has 2 aromatic rings. The molecule has 1 aliphatic carbocycles. The number of nitrogens with one attached hydrogen (secondary N) is 1. The molecule has 0 bridgehead atoms. The van der Waals surface area contributed by atoms with E-state index in [2.05, 4.69) is 17.3 Å². The highest BCUT2D eigenvalue weighted by Crippen LogP contribution is 2.42. The van der Waals surface area contributed by atoms with Crippen LogP contribution >= 0.6 is 0 Å². The highest BCUT2D eigenvalue weighted by atomic mass is 19.1. The smallest absolute Gasteiger partial charge is 0.335 e. The van der Waals surface area contributed by atoms with Gasteiger partial charge in [0, 0.05) is 12.0 Å². The van der Waals surface area contributed by atoms with Crippen LogP contribution in [0.3, 0.4) is 0 Å². The van der Waals surface area contributed by atoms with Crippen LogP contribution in [0.1, 0.15) is 71.5 Å². The molecule has 0 radical (unpaired) electrons. The number of nitrogens with zero attached hydrogens (tertiary/aromatic N) is 2. The van der Waals surface area contributed by atoms with Crippen LogP contribution in [0.4, 0.5) is 10.1 Å². The number of halogens is 1. The fourth-order valence-corrected chi connectivity index (χ4v) is 2.78. The second-order valence-electron chi connectivity index (χ2n) is 6.37. The second-order valence-corrected chi connectivity index (χ2v) is 6.37. The average Bonchev–Trinajstić information content (AvgIpc) is 3.33. The van der Waals surface area contributed by atoms with E-state index >= 15 is 0 Å². The molecule has 3 rings (SSSR count). The summed E-state index contributed by atoms with van der Waals surface area (Å²) in [5.41, 5.74) is 1.06. The zero-order valence-electron chi connectivity index (χ0n) is 14.1. The summed E-state index contributed by atoms with van der Waals surface area (Å²) in [6.45, 7) is 4.09. The molecule has 0 aliphatic heterocycles. The van der Waals surface area contributed by atoms with E-state index in [1.54, 1.807) is 0 Å². The monoisotopic (exact) mass is 345 g/mol. The maximum absolute atomic E-state index is 13.9. The first-order valence-electron chi connectivity index (χ1n) is 8.34. The summed E-state index contributed by atoms with van der Waals surface area (Å²) in [4.78, 5) is 23.7. The van der Waals surface area contributed by atoms with Crippen molar-refractivity contribution in [1.82, 2.24) is 9.78 Å². The number of anilines is 1. The van der Waals surface area contributed by atoms with Gasteiger partial charge in [0.25, 0.3) is 5.91 Å². The van der Waals surface area contributed by atoms with Crippen molar-refractivity contribution in [2.24, 2.45) is 0 Å². The predicted molar refractivity (Wildman–Crippen MR) is 90.5 cm³/mol. The summed E-state index contributed by atoms with van der Waals surface area (Å²) >= 11 is 0. The van der Waals surface area contributed by atoms with Crippen LogP contribution in [0.15, 0.2) is 24.4 Å². The molecule has 1 heterocycles. The summed E-state index contributed by atoms with van der Waals surface area (Å²) in [6.07, 6.45) is 4.41. The molecule has 1 amide bonds. The molecule has 1 atom stereocenters. The molecule has 6 nitrogen and oxygen atoms in total. The molecule has 2 N–H and O–H groups in total. The molecule has 7 heteroatoms. The Bertz CT molecular complexity index is 827. The van der Waals surface area contributed by atoms with Gasteiger partial charge in [-0.2, -0.15) is 5.10 Å². The Labute approximate surface area is 144 Å². The van der Waals surface area contributed by atoms with Crippen molar-refractivity contribution in [3.63, 3.8) is 0 Å². The van der Waals surface area contributed by atoms with E-state index in [0.717, 1.165) is 43.2 Å².